The number of urea groups is 1. The Morgan fingerprint density at radius 3 is 2.43 bits per heavy atom. The van der Waals surface area contributed by atoms with E-state index in [-0.39, 0.29) is 23.4 Å². The summed E-state index contributed by atoms with van der Waals surface area (Å²) in [7, 11) is 0. The highest BCUT2D eigenvalue weighted by Crippen LogP contribution is 2.31. The molecule has 5 aromatic rings. The summed E-state index contributed by atoms with van der Waals surface area (Å²) >= 11 is 0. The van der Waals surface area contributed by atoms with E-state index in [1.54, 1.807) is 11.1 Å². The van der Waals surface area contributed by atoms with Crippen LogP contribution >= 0.6 is 0 Å². The quantitative estimate of drug-likeness (QED) is 0.178. The van der Waals surface area contributed by atoms with Crippen LogP contribution < -0.4 is 10.9 Å². The zero-order valence-corrected chi connectivity index (χ0v) is 31.6. The van der Waals surface area contributed by atoms with Crippen LogP contribution in [0, 0.1) is 6.92 Å². The lowest BCUT2D eigenvalue weighted by atomic mass is 9.89. The first-order valence-electron chi connectivity index (χ1n) is 20.0. The number of hydrogen-bond acceptors (Lipinski definition) is 6. The minimum Gasteiger partial charge on any atom is -0.341 e. The second-order valence-electron chi connectivity index (χ2n) is 15.7. The van der Waals surface area contributed by atoms with E-state index in [0.717, 1.165) is 90.2 Å². The molecule has 0 bridgehead atoms. The second kappa shape index (κ2) is 15.8. The predicted molar refractivity (Wildman–Crippen MR) is 211 cm³/mol. The van der Waals surface area contributed by atoms with Gasteiger partial charge in [-0.2, -0.15) is 5.10 Å². The van der Waals surface area contributed by atoms with Gasteiger partial charge in [-0.25, -0.2) is 9.78 Å². The van der Waals surface area contributed by atoms with Gasteiger partial charge in [-0.05, 0) is 106 Å². The third-order valence-corrected chi connectivity index (χ3v) is 12.2. The molecule has 0 unspecified atom stereocenters. The van der Waals surface area contributed by atoms with Gasteiger partial charge in [0, 0.05) is 80.0 Å². The number of imidazole rings is 1. The number of hydrogen-bond donors (Lipinski definition) is 3. The summed E-state index contributed by atoms with van der Waals surface area (Å²) < 4.78 is 2.32. The van der Waals surface area contributed by atoms with Crippen molar-refractivity contribution in [3.05, 3.63) is 93.9 Å². The van der Waals surface area contributed by atoms with Crippen molar-refractivity contribution >= 4 is 33.7 Å². The fourth-order valence-electron chi connectivity index (χ4n) is 9.27. The lowest BCUT2D eigenvalue weighted by Crippen LogP contribution is -2.56. The van der Waals surface area contributed by atoms with Crippen LogP contribution in [0.25, 0.3) is 21.8 Å². The first-order chi connectivity index (χ1) is 26.3. The first-order valence-corrected chi connectivity index (χ1v) is 20.0. The van der Waals surface area contributed by atoms with E-state index in [2.05, 4.69) is 55.2 Å². The van der Waals surface area contributed by atoms with E-state index >= 15 is 0 Å². The molecule has 3 aliphatic heterocycles. The van der Waals surface area contributed by atoms with Gasteiger partial charge >= 0.3 is 6.03 Å². The van der Waals surface area contributed by atoms with Gasteiger partial charge in [0.15, 0.2) is 0 Å². The molecule has 54 heavy (non-hydrogen) atoms. The third-order valence-electron chi connectivity index (χ3n) is 12.2. The number of fused-ring (bicyclic) bond motifs is 2. The molecule has 3 aromatic heterocycles. The fraction of sp³-hybridized carbons (Fsp3) is 0.500. The second-order valence-corrected chi connectivity index (χ2v) is 15.7. The van der Waals surface area contributed by atoms with Gasteiger partial charge in [-0.3, -0.25) is 14.7 Å². The van der Waals surface area contributed by atoms with E-state index < -0.39 is 6.04 Å². The van der Waals surface area contributed by atoms with Gasteiger partial charge in [0.25, 0.3) is 5.56 Å². The molecule has 3 fully saturated rings. The summed E-state index contributed by atoms with van der Waals surface area (Å²) in [5, 5.41) is 12.5. The van der Waals surface area contributed by atoms with Crippen LogP contribution in [0.1, 0.15) is 86.2 Å². The number of likely N-dealkylation sites (tertiary alicyclic amines) is 3. The number of aryl methyl sites for hydroxylation is 2. The molecule has 1 atom stereocenters. The van der Waals surface area contributed by atoms with Crippen molar-refractivity contribution in [1.82, 2.24) is 44.7 Å². The average molecular weight is 732 g/mol. The molecule has 8 rings (SSSR count). The van der Waals surface area contributed by atoms with Gasteiger partial charge < -0.3 is 29.6 Å². The number of aromatic nitrogens is 5. The standard InChI is InChI=1S/C42H53N9O3/c1-3-15-49-22-14-43-39(49)31-10-16-48(17-11-31)34-12-20-50(21-13-34)41(53)37(25-29-23-28(2)38-33(24-29)27-44-47-38)46-42(54)51-18-8-30(9-19-51)35-26-32-6-4-5-7-36(32)45-40(35)52/h4-7,14,22-24,26-27,30-31,34,37H,3,8-13,15-21,25H2,1-2H3,(H,44,47)(H,45,52)(H,46,54)/t37-/m0/s1. The monoisotopic (exact) mass is 731 g/mol. The van der Waals surface area contributed by atoms with Gasteiger partial charge in [0.2, 0.25) is 5.91 Å². The lowest BCUT2D eigenvalue weighted by Gasteiger charge is -2.42. The largest absolute Gasteiger partial charge is 0.341 e. The van der Waals surface area contributed by atoms with E-state index in [9.17, 15) is 14.4 Å². The fourth-order valence-corrected chi connectivity index (χ4v) is 9.27. The number of carbonyl (C=O) groups is 2. The number of H-pyrrole nitrogens is 2. The molecule has 0 radical (unpaired) electrons. The number of piperidine rings is 3. The van der Waals surface area contributed by atoms with Crippen molar-refractivity contribution in [1.29, 1.82) is 0 Å². The molecule has 12 heteroatoms. The maximum absolute atomic E-state index is 14.4. The minimum absolute atomic E-state index is 0.0224. The Hall–Kier alpha value is -4.97. The number of pyridine rings is 1. The summed E-state index contributed by atoms with van der Waals surface area (Å²) in [6, 6.07) is 13.5. The van der Waals surface area contributed by atoms with Crippen molar-refractivity contribution in [2.75, 3.05) is 39.3 Å². The summed E-state index contributed by atoms with van der Waals surface area (Å²) in [6.07, 6.45) is 12.8. The molecule has 12 nitrogen and oxygen atoms in total. The molecule has 3 N–H and O–H groups in total. The molecule has 284 valence electrons. The summed E-state index contributed by atoms with van der Waals surface area (Å²) in [4.78, 5) is 55.4. The molecular weight excluding hydrogens is 679 g/mol. The highest BCUT2D eigenvalue weighted by Gasteiger charge is 2.35. The van der Waals surface area contributed by atoms with E-state index in [0.29, 0.717) is 57.4 Å². The highest BCUT2D eigenvalue weighted by atomic mass is 16.2. The van der Waals surface area contributed by atoms with Crippen LogP contribution in [0.4, 0.5) is 4.79 Å². The van der Waals surface area contributed by atoms with E-state index in [1.165, 1.54) is 5.82 Å². The van der Waals surface area contributed by atoms with Crippen molar-refractivity contribution in [2.45, 2.75) is 95.7 Å². The SMILES string of the molecule is CCCn1ccnc1C1CCN(C2CCN(C(=O)[C@H](Cc3cc(C)c4[nH]ncc4c3)NC(=O)N3CCC(c4cc5ccccc5[nH]c4=O)CC3)CC2)CC1. The maximum Gasteiger partial charge on any atom is 0.318 e. The first kappa shape index (κ1) is 36.0. The zero-order chi connectivity index (χ0) is 37.2. The molecular formula is C42H53N9O3. The number of benzene rings is 2. The Balaban J connectivity index is 0.908. The van der Waals surface area contributed by atoms with Crippen LogP contribution in [0.5, 0.6) is 0 Å². The number of rotatable bonds is 9. The zero-order valence-electron chi connectivity index (χ0n) is 31.6. The number of nitrogens with zero attached hydrogens (tertiary/aromatic N) is 6. The van der Waals surface area contributed by atoms with E-state index in [4.69, 9.17) is 4.98 Å². The summed E-state index contributed by atoms with van der Waals surface area (Å²) in [5.74, 6) is 1.79. The number of para-hydroxylation sites is 1. The Kier molecular flexibility index (Phi) is 10.5. The molecule has 3 saturated heterocycles. The summed E-state index contributed by atoms with van der Waals surface area (Å²) in [5.41, 5.74) is 4.58. The Morgan fingerprint density at radius 2 is 1.65 bits per heavy atom. The smallest absolute Gasteiger partial charge is 0.318 e. The predicted octanol–water partition coefficient (Wildman–Crippen LogP) is 5.69. The Bertz CT molecular complexity index is 2150. The van der Waals surface area contributed by atoms with Gasteiger partial charge in [0.1, 0.15) is 11.9 Å². The number of carbonyl (C=O) groups excluding carboxylic acids is 2. The molecule has 0 aliphatic carbocycles. The Labute approximate surface area is 316 Å². The van der Waals surface area contributed by atoms with Crippen molar-refractivity contribution in [3.8, 4) is 0 Å². The van der Waals surface area contributed by atoms with Crippen molar-refractivity contribution in [3.63, 3.8) is 0 Å². The normalized spacial score (nSPS) is 18.8. The van der Waals surface area contributed by atoms with E-state index in [1.807, 2.05) is 48.4 Å². The molecule has 0 saturated carbocycles. The van der Waals surface area contributed by atoms with Gasteiger partial charge in [-0.1, -0.05) is 31.2 Å². The minimum atomic E-state index is -0.693. The highest BCUT2D eigenvalue weighted by molar-refractivity contribution is 5.88. The van der Waals surface area contributed by atoms with Crippen molar-refractivity contribution in [2.24, 2.45) is 0 Å². The lowest BCUT2D eigenvalue weighted by molar-refractivity contribution is -0.135. The van der Waals surface area contributed by atoms with Crippen LogP contribution in [0.15, 0.2) is 65.8 Å². The van der Waals surface area contributed by atoms with Crippen LogP contribution in [0.2, 0.25) is 0 Å². The molecule has 3 amide bonds. The van der Waals surface area contributed by atoms with Gasteiger partial charge in [0.05, 0.1) is 11.7 Å². The van der Waals surface area contributed by atoms with Gasteiger partial charge in [-0.15, -0.1) is 0 Å². The molecule has 3 aliphatic rings. The summed E-state index contributed by atoms with van der Waals surface area (Å²) in [6.45, 7) is 9.79. The van der Waals surface area contributed by atoms with Crippen LogP contribution in [-0.2, 0) is 17.8 Å². The average Bonchev–Trinajstić information content (AvgIpc) is 3.88. The molecule has 6 heterocycles. The number of amides is 3. The number of nitrogens with one attached hydrogen (secondary N) is 3. The molecule has 0 spiro atoms. The van der Waals surface area contributed by atoms with Crippen molar-refractivity contribution < 1.29 is 9.59 Å². The molecule has 2 aromatic carbocycles. The topological polar surface area (TPSA) is 135 Å². The van der Waals surface area contributed by atoms with Crippen LogP contribution in [0.3, 0.4) is 0 Å². The van der Waals surface area contributed by atoms with Crippen LogP contribution in [-0.4, -0.2) is 103 Å². The third kappa shape index (κ3) is 7.53. The maximum atomic E-state index is 14.4. The Morgan fingerprint density at radius 1 is 0.907 bits per heavy atom. The number of aromatic amines is 2.